The van der Waals surface area contributed by atoms with Crippen molar-refractivity contribution in [1.29, 1.82) is 0 Å². The highest BCUT2D eigenvalue weighted by molar-refractivity contribution is 6.10. The quantitative estimate of drug-likeness (QED) is 0.856. The Hall–Kier alpha value is -2.36. The van der Waals surface area contributed by atoms with Crippen LogP contribution in [0.4, 0.5) is 0 Å². The summed E-state index contributed by atoms with van der Waals surface area (Å²) >= 11 is 0. The molecule has 1 aliphatic heterocycles. The Morgan fingerprint density at radius 1 is 1.16 bits per heavy atom. The number of rotatable bonds is 3. The lowest BCUT2D eigenvalue weighted by Crippen LogP contribution is -2.12. The Morgan fingerprint density at radius 2 is 1.89 bits per heavy atom. The van der Waals surface area contributed by atoms with Crippen LogP contribution in [-0.4, -0.2) is 21.4 Å². The number of hydrogen-bond acceptors (Lipinski definition) is 2. The average molecular weight is 255 g/mol. The summed E-state index contributed by atoms with van der Waals surface area (Å²) in [5.74, 6) is -1.54. The van der Waals surface area contributed by atoms with Crippen molar-refractivity contribution in [1.82, 2.24) is 4.57 Å². The fourth-order valence-corrected chi connectivity index (χ4v) is 2.65. The first-order valence-electron chi connectivity index (χ1n) is 6.20. The molecule has 0 saturated heterocycles. The van der Waals surface area contributed by atoms with E-state index >= 15 is 0 Å². The van der Waals surface area contributed by atoms with E-state index in [0.29, 0.717) is 29.8 Å². The normalized spacial score (nSPS) is 17.2. The van der Waals surface area contributed by atoms with Crippen molar-refractivity contribution in [3.63, 3.8) is 0 Å². The molecule has 0 fully saturated rings. The summed E-state index contributed by atoms with van der Waals surface area (Å²) in [6.07, 6.45) is 2.36. The number of ketones is 1. The molecule has 0 radical (unpaired) electrons. The van der Waals surface area contributed by atoms with E-state index in [1.54, 1.807) is 36.5 Å². The van der Waals surface area contributed by atoms with Gasteiger partial charge in [0.05, 0.1) is 5.92 Å². The van der Waals surface area contributed by atoms with E-state index < -0.39 is 11.9 Å². The lowest BCUT2D eigenvalue weighted by molar-refractivity contribution is -0.138. The summed E-state index contributed by atoms with van der Waals surface area (Å²) in [5.41, 5.74) is 1.74. The molecule has 0 spiro atoms. The second kappa shape index (κ2) is 4.39. The van der Waals surface area contributed by atoms with Crippen LogP contribution in [-0.2, 0) is 11.3 Å². The first-order chi connectivity index (χ1) is 9.18. The van der Waals surface area contributed by atoms with Crippen LogP contribution in [0.1, 0.15) is 34.0 Å². The Kier molecular flexibility index (Phi) is 2.71. The zero-order chi connectivity index (χ0) is 13.4. The van der Waals surface area contributed by atoms with Crippen LogP contribution in [0.2, 0.25) is 0 Å². The SMILES string of the molecule is O=C(c1ccccc1)c1ccn2c1C(C(=O)O)CC2. The largest absolute Gasteiger partial charge is 0.481 e. The van der Waals surface area contributed by atoms with Gasteiger partial charge in [-0.1, -0.05) is 30.3 Å². The van der Waals surface area contributed by atoms with Crippen molar-refractivity contribution in [3.05, 3.63) is 59.4 Å². The van der Waals surface area contributed by atoms with E-state index in [1.807, 2.05) is 10.6 Å². The summed E-state index contributed by atoms with van der Waals surface area (Å²) in [6, 6.07) is 10.7. The van der Waals surface area contributed by atoms with Crippen molar-refractivity contribution in [2.45, 2.75) is 18.9 Å². The van der Waals surface area contributed by atoms with E-state index in [-0.39, 0.29) is 5.78 Å². The first kappa shape index (κ1) is 11.7. The lowest BCUT2D eigenvalue weighted by atomic mass is 9.96. The van der Waals surface area contributed by atoms with Gasteiger partial charge in [0.15, 0.2) is 5.78 Å². The van der Waals surface area contributed by atoms with Gasteiger partial charge in [-0.05, 0) is 12.5 Å². The molecule has 3 rings (SSSR count). The molecule has 1 atom stereocenters. The van der Waals surface area contributed by atoms with E-state index in [2.05, 4.69) is 0 Å². The summed E-state index contributed by atoms with van der Waals surface area (Å²) in [6.45, 7) is 0.661. The van der Waals surface area contributed by atoms with Crippen molar-refractivity contribution in [2.24, 2.45) is 0 Å². The van der Waals surface area contributed by atoms with Crippen molar-refractivity contribution in [2.75, 3.05) is 0 Å². The van der Waals surface area contributed by atoms with Gasteiger partial charge in [-0.3, -0.25) is 9.59 Å². The zero-order valence-corrected chi connectivity index (χ0v) is 10.2. The molecule has 2 aromatic rings. The number of carboxylic acids is 1. The smallest absolute Gasteiger partial charge is 0.312 e. The summed E-state index contributed by atoms with van der Waals surface area (Å²) < 4.78 is 1.87. The molecular formula is C15H13NO3. The van der Waals surface area contributed by atoms with Gasteiger partial charge in [0.1, 0.15) is 0 Å². The molecule has 96 valence electrons. The number of aliphatic carboxylic acids is 1. The third-order valence-corrected chi connectivity index (χ3v) is 3.57. The highest BCUT2D eigenvalue weighted by Crippen LogP contribution is 2.33. The Balaban J connectivity index is 2.04. The van der Waals surface area contributed by atoms with Gasteiger partial charge in [0, 0.05) is 29.6 Å². The Morgan fingerprint density at radius 3 is 2.58 bits per heavy atom. The molecule has 0 amide bonds. The molecule has 0 aliphatic carbocycles. The van der Waals surface area contributed by atoms with Gasteiger partial charge >= 0.3 is 5.97 Å². The highest BCUT2D eigenvalue weighted by Gasteiger charge is 2.33. The topological polar surface area (TPSA) is 59.3 Å². The van der Waals surface area contributed by atoms with E-state index in [0.717, 1.165) is 0 Å². The number of carboxylic acid groups (broad SMARTS) is 1. The maximum absolute atomic E-state index is 12.4. The van der Waals surface area contributed by atoms with Gasteiger partial charge in [0.2, 0.25) is 0 Å². The molecule has 1 aromatic heterocycles. The summed E-state index contributed by atoms with van der Waals surface area (Å²) in [5, 5.41) is 9.23. The Labute approximate surface area is 110 Å². The van der Waals surface area contributed by atoms with Crippen LogP contribution in [0.5, 0.6) is 0 Å². The molecule has 1 aliphatic rings. The Bertz CT molecular complexity index is 643. The van der Waals surface area contributed by atoms with Crippen LogP contribution < -0.4 is 0 Å². The van der Waals surface area contributed by atoms with Gasteiger partial charge in [-0.15, -0.1) is 0 Å². The number of fused-ring (bicyclic) bond motifs is 1. The molecule has 1 N–H and O–H groups in total. The van der Waals surface area contributed by atoms with Gasteiger partial charge in [0.25, 0.3) is 0 Å². The second-order valence-electron chi connectivity index (χ2n) is 4.68. The minimum Gasteiger partial charge on any atom is -0.481 e. The molecule has 1 unspecified atom stereocenters. The van der Waals surface area contributed by atoms with Gasteiger partial charge in [-0.2, -0.15) is 0 Å². The summed E-state index contributed by atoms with van der Waals surface area (Å²) in [4.78, 5) is 23.7. The third-order valence-electron chi connectivity index (χ3n) is 3.57. The predicted octanol–water partition coefficient (Wildman–Crippen LogP) is 2.29. The number of aryl methyl sites for hydroxylation is 1. The van der Waals surface area contributed by atoms with Crippen molar-refractivity contribution >= 4 is 11.8 Å². The fraction of sp³-hybridized carbons (Fsp3) is 0.200. The second-order valence-corrected chi connectivity index (χ2v) is 4.68. The summed E-state index contributed by atoms with van der Waals surface area (Å²) in [7, 11) is 0. The van der Waals surface area contributed by atoms with Gasteiger partial charge in [-0.25, -0.2) is 0 Å². The highest BCUT2D eigenvalue weighted by atomic mass is 16.4. The standard InChI is InChI=1S/C15H13NO3/c17-14(10-4-2-1-3-5-10)11-6-8-16-9-7-12(13(11)16)15(18)19/h1-6,8,12H,7,9H2,(H,18,19). The number of hydrogen-bond donors (Lipinski definition) is 1. The van der Waals surface area contributed by atoms with Crippen molar-refractivity contribution in [3.8, 4) is 0 Å². The molecular weight excluding hydrogens is 242 g/mol. The molecule has 2 heterocycles. The number of carbonyl (C=O) groups is 2. The van der Waals surface area contributed by atoms with E-state index in [9.17, 15) is 14.7 Å². The molecule has 4 heteroatoms. The lowest BCUT2D eigenvalue weighted by Gasteiger charge is -2.07. The van der Waals surface area contributed by atoms with Crippen LogP contribution in [0.25, 0.3) is 0 Å². The minimum absolute atomic E-state index is 0.109. The number of carbonyl (C=O) groups excluding carboxylic acids is 1. The monoisotopic (exact) mass is 255 g/mol. The van der Waals surface area contributed by atoms with E-state index in [1.165, 1.54) is 0 Å². The van der Waals surface area contributed by atoms with Crippen molar-refractivity contribution < 1.29 is 14.7 Å². The van der Waals surface area contributed by atoms with E-state index in [4.69, 9.17) is 0 Å². The van der Waals surface area contributed by atoms with Crippen LogP contribution >= 0.6 is 0 Å². The first-order valence-corrected chi connectivity index (χ1v) is 6.20. The number of benzene rings is 1. The maximum Gasteiger partial charge on any atom is 0.312 e. The molecule has 19 heavy (non-hydrogen) atoms. The molecule has 0 saturated carbocycles. The maximum atomic E-state index is 12.4. The van der Waals surface area contributed by atoms with Crippen LogP contribution in [0, 0.1) is 0 Å². The number of nitrogens with zero attached hydrogens (tertiary/aromatic N) is 1. The zero-order valence-electron chi connectivity index (χ0n) is 10.2. The predicted molar refractivity (Wildman–Crippen MR) is 69.3 cm³/mol. The number of aromatic nitrogens is 1. The molecule has 4 nitrogen and oxygen atoms in total. The van der Waals surface area contributed by atoms with Crippen LogP contribution in [0.3, 0.4) is 0 Å². The minimum atomic E-state index is -0.862. The van der Waals surface area contributed by atoms with Crippen LogP contribution in [0.15, 0.2) is 42.6 Å². The fourth-order valence-electron chi connectivity index (χ4n) is 2.65. The van der Waals surface area contributed by atoms with Gasteiger partial charge < -0.3 is 9.67 Å². The molecule has 1 aromatic carbocycles. The average Bonchev–Trinajstić information content (AvgIpc) is 2.99. The third kappa shape index (κ3) is 1.85. The molecule has 0 bridgehead atoms.